The molecule has 36 valence electrons. The maximum atomic E-state index is 9.00. The van der Waals surface area contributed by atoms with Crippen LogP contribution in [0.3, 0.4) is 0 Å². The summed E-state index contributed by atoms with van der Waals surface area (Å²) >= 11 is 1.08. The topological polar surface area (TPSA) is 37.3 Å². The Morgan fingerprint density at radius 1 is 1.67 bits per heavy atom. The first kappa shape index (κ1) is 15.7. The zero-order chi connectivity index (χ0) is 3.58. The molecular formula is CH8AsGaGeO2. The van der Waals surface area contributed by atoms with E-state index in [1.165, 1.54) is 0 Å². The molecule has 1 N–H and O–H groups in total. The van der Waals surface area contributed by atoms with Gasteiger partial charge in [0.05, 0.1) is 0 Å². The molecule has 2 radical (unpaired) electrons. The second kappa shape index (κ2) is 9.51. The molecule has 0 aliphatic rings. The van der Waals surface area contributed by atoms with Gasteiger partial charge < -0.3 is 0 Å². The van der Waals surface area contributed by atoms with Crippen LogP contribution in [0.2, 0.25) is 0 Å². The van der Waals surface area contributed by atoms with Gasteiger partial charge in [0, 0.05) is 0 Å². The molecule has 5 heteroatoms. The van der Waals surface area contributed by atoms with Gasteiger partial charge in [-0.25, -0.2) is 0 Å². The number of hydrogen-bond donors (Lipinski definition) is 1. The first-order chi connectivity index (χ1) is 1.73. The molecule has 0 rings (SSSR count). The van der Waals surface area contributed by atoms with Gasteiger partial charge in [-0.1, -0.05) is 0 Å². The van der Waals surface area contributed by atoms with Gasteiger partial charge in [-0.3, -0.25) is 0 Å². The van der Waals surface area contributed by atoms with Crippen LogP contribution in [0.25, 0.3) is 0 Å². The SMILES string of the molecule is O=C(O)[AsH].[GaH3].[GeH3]. The van der Waals surface area contributed by atoms with E-state index in [-0.39, 0.29) is 37.4 Å². The predicted molar refractivity (Wildman–Crippen MR) is 35.1 cm³/mol. The summed E-state index contributed by atoms with van der Waals surface area (Å²) in [6.07, 6.45) is 0. The van der Waals surface area contributed by atoms with Gasteiger partial charge in [0.25, 0.3) is 0 Å². The number of hydrogen-bond acceptors (Lipinski definition) is 1. The fourth-order valence-corrected chi connectivity index (χ4v) is 0. The molecule has 0 aromatic heterocycles. The van der Waals surface area contributed by atoms with E-state index in [1.807, 2.05) is 0 Å². The van der Waals surface area contributed by atoms with E-state index in [4.69, 9.17) is 9.90 Å². The Bertz CT molecular complexity index is 36.5. The Labute approximate surface area is 68.6 Å². The molecule has 0 unspecified atom stereocenters. The van der Waals surface area contributed by atoms with Crippen molar-refractivity contribution in [2.45, 2.75) is 0 Å². The third kappa shape index (κ3) is 63.2. The van der Waals surface area contributed by atoms with E-state index in [0.29, 0.717) is 0 Å². The monoisotopic (exact) mass is 270 g/mol. The van der Waals surface area contributed by atoms with E-state index in [9.17, 15) is 0 Å². The molecule has 0 heterocycles. The van der Waals surface area contributed by atoms with Crippen LogP contribution >= 0.6 is 0 Å². The summed E-state index contributed by atoms with van der Waals surface area (Å²) < 4.78 is -0.833. The van der Waals surface area contributed by atoms with Crippen LogP contribution in [0.5, 0.6) is 0 Å². The molecule has 0 aromatic carbocycles. The van der Waals surface area contributed by atoms with Crippen LogP contribution in [0.1, 0.15) is 0 Å². The molecule has 0 aliphatic carbocycles. The molecular weight excluding hydrogens is 261 g/mol. The van der Waals surface area contributed by atoms with Crippen molar-refractivity contribution < 1.29 is 9.90 Å². The minimum absolute atomic E-state index is 0. The van der Waals surface area contributed by atoms with Gasteiger partial charge >= 0.3 is 68.9 Å². The summed E-state index contributed by atoms with van der Waals surface area (Å²) in [6.45, 7) is 0. The third-order valence-electron chi connectivity index (χ3n) is 0. The van der Waals surface area contributed by atoms with Gasteiger partial charge in [0.1, 0.15) is 0 Å². The number of carbonyl (C=O) groups is 1. The normalized spacial score (nSPS) is 4.17. The maximum absolute atomic E-state index is 9.00. The van der Waals surface area contributed by atoms with Crippen LogP contribution in [-0.4, -0.2) is 64.1 Å². The first-order valence-electron chi connectivity index (χ1n) is 0.678. The average Bonchev–Trinajstić information content (AvgIpc) is 0.811. The summed E-state index contributed by atoms with van der Waals surface area (Å²) in [7, 11) is 0. The van der Waals surface area contributed by atoms with Gasteiger partial charge in [0.15, 0.2) is 0 Å². The zero-order valence-electron chi connectivity index (χ0n) is 2.86. The Morgan fingerprint density at radius 3 is 1.67 bits per heavy atom. The van der Waals surface area contributed by atoms with Crippen molar-refractivity contribution >= 4 is 59.0 Å². The fraction of sp³-hybridized carbons (Fsp3) is 0. The van der Waals surface area contributed by atoms with Gasteiger partial charge in [-0.05, 0) is 0 Å². The van der Waals surface area contributed by atoms with Crippen molar-refractivity contribution in [1.29, 1.82) is 0 Å². The number of rotatable bonds is 0. The molecule has 6 heavy (non-hydrogen) atoms. The zero-order valence-corrected chi connectivity index (χ0v) is 9.15. The quantitative estimate of drug-likeness (QED) is 0.482. The molecule has 0 atom stereocenters. The van der Waals surface area contributed by atoms with Crippen molar-refractivity contribution in [3.8, 4) is 0 Å². The molecule has 2 nitrogen and oxygen atoms in total. The first-order valence-corrected chi connectivity index (χ1v) is 1.73. The number of carboxylic acid groups (broad SMARTS) is 1. The summed E-state index contributed by atoms with van der Waals surface area (Å²) in [6, 6.07) is 0. The molecule has 0 spiro atoms. The summed E-state index contributed by atoms with van der Waals surface area (Å²) in [4.78, 5) is 9.00. The van der Waals surface area contributed by atoms with Crippen molar-refractivity contribution in [2.24, 2.45) is 0 Å². The Kier molecular flexibility index (Phi) is 24.9. The Morgan fingerprint density at radius 2 is 1.67 bits per heavy atom. The molecule has 0 aliphatic heterocycles. The Balaban J connectivity index is -0.0000000450. The average molecular weight is 269 g/mol. The van der Waals surface area contributed by atoms with Crippen LogP contribution < -0.4 is 0 Å². The summed E-state index contributed by atoms with van der Waals surface area (Å²) in [5.41, 5.74) is 0. The van der Waals surface area contributed by atoms with Crippen LogP contribution in [0.15, 0.2) is 0 Å². The molecule has 0 aromatic rings. The minimum atomic E-state index is -0.833. The standard InChI is InChI=1S/CH2AsO2.Ga.GeH3.3H/c2-1(3)4;;;;;/h2H,(H,3,4);;1H3;;;. The van der Waals surface area contributed by atoms with Crippen molar-refractivity contribution in [3.63, 3.8) is 0 Å². The second-order valence-electron chi connectivity index (χ2n) is 0.305. The van der Waals surface area contributed by atoms with E-state index >= 15 is 0 Å². The molecule has 0 amide bonds. The molecule has 0 fully saturated rings. The van der Waals surface area contributed by atoms with E-state index < -0.39 is 4.76 Å². The second-order valence-corrected chi connectivity index (χ2v) is 1.20. The van der Waals surface area contributed by atoms with E-state index in [2.05, 4.69) is 0 Å². The fourth-order valence-electron chi connectivity index (χ4n) is 0. The van der Waals surface area contributed by atoms with Crippen molar-refractivity contribution in [3.05, 3.63) is 0 Å². The molecule has 0 bridgehead atoms. The predicted octanol–water partition coefficient (Wildman–Crippen LogP) is -2.80. The Hall–Kier alpha value is 1.21. The summed E-state index contributed by atoms with van der Waals surface area (Å²) in [5.74, 6) is 0. The van der Waals surface area contributed by atoms with Gasteiger partial charge in [-0.2, -0.15) is 0 Å². The van der Waals surface area contributed by atoms with Crippen LogP contribution in [0, 0.1) is 0 Å². The summed E-state index contributed by atoms with van der Waals surface area (Å²) in [5, 5.41) is 7.42. The third-order valence-corrected chi connectivity index (χ3v) is 0. The van der Waals surface area contributed by atoms with Gasteiger partial charge in [-0.15, -0.1) is 0 Å². The molecule has 0 saturated heterocycles. The van der Waals surface area contributed by atoms with E-state index in [0.717, 1.165) is 16.9 Å². The van der Waals surface area contributed by atoms with E-state index in [1.54, 1.807) is 0 Å². The van der Waals surface area contributed by atoms with Crippen LogP contribution in [0.4, 0.5) is 4.79 Å². The molecule has 0 saturated carbocycles. The van der Waals surface area contributed by atoms with Crippen molar-refractivity contribution in [1.82, 2.24) is 0 Å². The van der Waals surface area contributed by atoms with Crippen LogP contribution in [-0.2, 0) is 0 Å². The van der Waals surface area contributed by atoms with Gasteiger partial charge in [0.2, 0.25) is 0 Å². The van der Waals surface area contributed by atoms with Crippen molar-refractivity contribution in [2.75, 3.05) is 0 Å².